The molecule has 2 aliphatic heterocycles. The van der Waals surface area contributed by atoms with Crippen LogP contribution >= 0.6 is 0 Å². The number of nitrogens with one attached hydrogen (secondary N) is 1. The molecular formula is C10H17N. The van der Waals surface area contributed by atoms with E-state index in [4.69, 9.17) is 0 Å². The highest BCUT2D eigenvalue weighted by atomic mass is 15.0. The molecule has 1 aliphatic carbocycles. The summed E-state index contributed by atoms with van der Waals surface area (Å²) in [6.45, 7) is 0. The van der Waals surface area contributed by atoms with Crippen LogP contribution in [0.15, 0.2) is 0 Å². The highest BCUT2D eigenvalue weighted by Crippen LogP contribution is 2.52. The average molecular weight is 151 g/mol. The maximum absolute atomic E-state index is 3.71. The Morgan fingerprint density at radius 3 is 2.09 bits per heavy atom. The van der Waals surface area contributed by atoms with Crippen LogP contribution in [0, 0.1) is 5.41 Å². The van der Waals surface area contributed by atoms with Crippen molar-refractivity contribution in [2.45, 2.75) is 57.0 Å². The summed E-state index contributed by atoms with van der Waals surface area (Å²) >= 11 is 0. The summed E-state index contributed by atoms with van der Waals surface area (Å²) in [4.78, 5) is 0. The van der Waals surface area contributed by atoms with Crippen LogP contribution in [0.4, 0.5) is 0 Å². The fourth-order valence-corrected chi connectivity index (χ4v) is 3.44. The molecule has 2 unspecified atom stereocenters. The quantitative estimate of drug-likeness (QED) is 0.559. The van der Waals surface area contributed by atoms with Crippen LogP contribution < -0.4 is 5.32 Å². The van der Waals surface area contributed by atoms with E-state index in [1.807, 2.05) is 0 Å². The van der Waals surface area contributed by atoms with E-state index in [2.05, 4.69) is 5.32 Å². The van der Waals surface area contributed by atoms with E-state index < -0.39 is 0 Å². The van der Waals surface area contributed by atoms with Crippen LogP contribution in [0.25, 0.3) is 0 Å². The molecule has 0 aromatic carbocycles. The van der Waals surface area contributed by atoms with Gasteiger partial charge in [0.05, 0.1) is 0 Å². The lowest BCUT2D eigenvalue weighted by Gasteiger charge is -2.48. The molecule has 2 saturated heterocycles. The Bertz CT molecular complexity index is 158. The first-order chi connectivity index (χ1) is 5.36. The second-order valence-electron chi connectivity index (χ2n) is 4.90. The van der Waals surface area contributed by atoms with Crippen LogP contribution in [0.2, 0.25) is 0 Å². The van der Waals surface area contributed by atoms with Gasteiger partial charge in [0.1, 0.15) is 0 Å². The summed E-state index contributed by atoms with van der Waals surface area (Å²) in [5, 5.41) is 3.71. The maximum atomic E-state index is 3.71. The molecule has 1 nitrogen and oxygen atoms in total. The number of rotatable bonds is 0. The first-order valence-corrected chi connectivity index (χ1v) is 5.12. The number of hydrogen-bond acceptors (Lipinski definition) is 1. The molecule has 3 aliphatic rings. The van der Waals surface area contributed by atoms with Gasteiger partial charge >= 0.3 is 0 Å². The first kappa shape index (κ1) is 6.47. The Labute approximate surface area is 68.6 Å². The summed E-state index contributed by atoms with van der Waals surface area (Å²) < 4.78 is 0. The summed E-state index contributed by atoms with van der Waals surface area (Å²) in [5.41, 5.74) is 0.844. The lowest BCUT2D eigenvalue weighted by atomic mass is 9.62. The van der Waals surface area contributed by atoms with Crippen LogP contribution in [0.3, 0.4) is 0 Å². The van der Waals surface area contributed by atoms with Crippen molar-refractivity contribution in [3.05, 3.63) is 0 Å². The largest absolute Gasteiger partial charge is 0.311 e. The standard InChI is InChI=1S/C10H17N/c1-4-10(5-1)6-8-2-3-9(7-10)11-8/h8-9,11H,1-7H2. The van der Waals surface area contributed by atoms with E-state index in [-0.39, 0.29) is 0 Å². The third kappa shape index (κ3) is 0.868. The molecule has 1 heteroatoms. The minimum absolute atomic E-state index is 0.844. The SMILES string of the molecule is C1CC2(C1)CC1CCC(C2)N1. The molecule has 1 spiro atoms. The van der Waals surface area contributed by atoms with Gasteiger partial charge in [-0.3, -0.25) is 0 Å². The van der Waals surface area contributed by atoms with Crippen LogP contribution in [0.5, 0.6) is 0 Å². The molecule has 3 rings (SSSR count). The predicted molar refractivity (Wildman–Crippen MR) is 45.5 cm³/mol. The fourth-order valence-electron chi connectivity index (χ4n) is 3.44. The molecule has 0 aromatic heterocycles. The van der Waals surface area contributed by atoms with E-state index in [0.717, 1.165) is 17.5 Å². The fraction of sp³-hybridized carbons (Fsp3) is 1.00. The summed E-state index contributed by atoms with van der Waals surface area (Å²) in [6, 6.07) is 1.82. The Kier molecular flexibility index (Phi) is 1.18. The molecule has 0 radical (unpaired) electrons. The summed E-state index contributed by atoms with van der Waals surface area (Å²) in [6.07, 6.45) is 10.5. The van der Waals surface area contributed by atoms with Crippen molar-refractivity contribution in [2.75, 3.05) is 0 Å². The highest BCUT2D eigenvalue weighted by Gasteiger charge is 2.46. The molecule has 0 aromatic rings. The monoisotopic (exact) mass is 151 g/mol. The molecule has 2 atom stereocenters. The molecular weight excluding hydrogens is 134 g/mol. The minimum Gasteiger partial charge on any atom is -0.311 e. The Balaban J connectivity index is 1.80. The van der Waals surface area contributed by atoms with Crippen molar-refractivity contribution in [2.24, 2.45) is 5.41 Å². The summed E-state index contributed by atoms with van der Waals surface area (Å²) in [5.74, 6) is 0. The smallest absolute Gasteiger partial charge is 0.00755 e. The van der Waals surface area contributed by atoms with Crippen molar-refractivity contribution in [3.8, 4) is 0 Å². The summed E-state index contributed by atoms with van der Waals surface area (Å²) in [7, 11) is 0. The van der Waals surface area contributed by atoms with Gasteiger partial charge in [0.25, 0.3) is 0 Å². The van der Waals surface area contributed by atoms with E-state index in [0.29, 0.717) is 0 Å². The van der Waals surface area contributed by atoms with Gasteiger partial charge in [-0.05, 0) is 43.9 Å². The number of fused-ring (bicyclic) bond motifs is 2. The van der Waals surface area contributed by atoms with Gasteiger partial charge in [-0.15, -0.1) is 0 Å². The van der Waals surface area contributed by atoms with Gasteiger partial charge in [0, 0.05) is 12.1 Å². The van der Waals surface area contributed by atoms with Crippen molar-refractivity contribution in [1.29, 1.82) is 0 Å². The van der Waals surface area contributed by atoms with Crippen LogP contribution in [0.1, 0.15) is 44.9 Å². The third-order valence-corrected chi connectivity index (χ3v) is 4.11. The first-order valence-electron chi connectivity index (χ1n) is 5.12. The van der Waals surface area contributed by atoms with E-state index in [9.17, 15) is 0 Å². The Morgan fingerprint density at radius 1 is 1.00 bits per heavy atom. The van der Waals surface area contributed by atoms with Gasteiger partial charge < -0.3 is 5.32 Å². The molecule has 1 saturated carbocycles. The second-order valence-corrected chi connectivity index (χ2v) is 4.90. The zero-order chi connectivity index (χ0) is 7.31. The zero-order valence-corrected chi connectivity index (χ0v) is 7.10. The van der Waals surface area contributed by atoms with Crippen molar-refractivity contribution in [1.82, 2.24) is 5.32 Å². The molecule has 2 bridgehead atoms. The lowest BCUT2D eigenvalue weighted by molar-refractivity contribution is 0.0603. The molecule has 0 amide bonds. The Hall–Kier alpha value is -0.0400. The zero-order valence-electron chi connectivity index (χ0n) is 7.10. The van der Waals surface area contributed by atoms with Crippen LogP contribution in [-0.2, 0) is 0 Å². The van der Waals surface area contributed by atoms with Gasteiger partial charge in [-0.2, -0.15) is 0 Å². The third-order valence-electron chi connectivity index (χ3n) is 4.11. The molecule has 11 heavy (non-hydrogen) atoms. The van der Waals surface area contributed by atoms with Crippen LogP contribution in [-0.4, -0.2) is 12.1 Å². The van der Waals surface area contributed by atoms with Crippen molar-refractivity contribution in [3.63, 3.8) is 0 Å². The van der Waals surface area contributed by atoms with Gasteiger partial charge in [-0.25, -0.2) is 0 Å². The molecule has 3 fully saturated rings. The lowest BCUT2D eigenvalue weighted by Crippen LogP contribution is -2.47. The van der Waals surface area contributed by atoms with Gasteiger partial charge in [-0.1, -0.05) is 6.42 Å². The second kappa shape index (κ2) is 2.01. The predicted octanol–water partition coefficient (Wildman–Crippen LogP) is 2.07. The Morgan fingerprint density at radius 2 is 1.64 bits per heavy atom. The van der Waals surface area contributed by atoms with E-state index >= 15 is 0 Å². The molecule has 2 heterocycles. The van der Waals surface area contributed by atoms with Gasteiger partial charge in [0.2, 0.25) is 0 Å². The maximum Gasteiger partial charge on any atom is 0.00755 e. The molecule has 1 N–H and O–H groups in total. The van der Waals surface area contributed by atoms with Gasteiger partial charge in [0.15, 0.2) is 0 Å². The highest BCUT2D eigenvalue weighted by molar-refractivity contribution is 5.02. The topological polar surface area (TPSA) is 12.0 Å². The number of hydrogen-bond donors (Lipinski definition) is 1. The number of piperidine rings is 1. The average Bonchev–Trinajstić information content (AvgIpc) is 2.27. The van der Waals surface area contributed by atoms with Crippen molar-refractivity contribution >= 4 is 0 Å². The van der Waals surface area contributed by atoms with E-state index in [1.54, 1.807) is 12.8 Å². The normalized spacial score (nSPS) is 45.8. The minimum atomic E-state index is 0.844. The van der Waals surface area contributed by atoms with E-state index in [1.165, 1.54) is 32.1 Å². The molecule has 62 valence electrons. The van der Waals surface area contributed by atoms with Crippen molar-refractivity contribution < 1.29 is 0 Å².